The van der Waals surface area contributed by atoms with Crippen LogP contribution in [0.15, 0.2) is 95.8 Å². The maximum atomic E-state index is 13.1. The minimum Gasteiger partial charge on any atom is -0.384 e. The number of amides is 1. The molecule has 0 saturated heterocycles. The number of nitrogen functional groups attached to an aromatic ring is 1. The number of carbonyl (C=O) groups is 1. The van der Waals surface area contributed by atoms with Crippen molar-refractivity contribution < 1.29 is 13.2 Å². The Hall–Kier alpha value is -4.22. The summed E-state index contributed by atoms with van der Waals surface area (Å²) in [7, 11) is -3.84. The third kappa shape index (κ3) is 4.66. The van der Waals surface area contributed by atoms with Gasteiger partial charge in [0.25, 0.3) is 15.9 Å². The van der Waals surface area contributed by atoms with Gasteiger partial charge in [0.15, 0.2) is 0 Å². The summed E-state index contributed by atoms with van der Waals surface area (Å²) in [4.78, 5) is 13.1. The van der Waals surface area contributed by atoms with E-state index in [0.717, 1.165) is 10.9 Å². The van der Waals surface area contributed by atoms with Crippen molar-refractivity contribution in [2.45, 2.75) is 6.54 Å². The molecule has 2 aliphatic heterocycles. The number of anilines is 1. The fraction of sp³-hybridized carbons (Fsp3) is 0.0400. The molecule has 5 rings (SSSR count). The van der Waals surface area contributed by atoms with Crippen LogP contribution >= 0.6 is 12.1 Å². The molecule has 3 aromatic rings. The zero-order valence-electron chi connectivity index (χ0n) is 18.9. The Kier molecular flexibility index (Phi) is 6.17. The number of benzene rings is 3. The van der Waals surface area contributed by atoms with E-state index in [1.807, 2.05) is 18.2 Å². The standard InChI is InChI=1S/C25H22N6O3S2/c26-24(27)17-8-6-16(7-9-17)14-28-25(32)21-4-1-3-18-13-19(10-11-20(18)21)30-36(33,34)23-5-2-12-31-22(23)15-29-35-31/h1-13,15,29-30H,14H2,(H3,26,27)(H,28,32). The Morgan fingerprint density at radius 3 is 2.69 bits per heavy atom. The number of fused-ring (bicyclic) bond motifs is 2. The molecule has 9 nitrogen and oxygen atoms in total. The van der Waals surface area contributed by atoms with Gasteiger partial charge in [-0.1, -0.05) is 42.5 Å². The Balaban J connectivity index is 1.33. The van der Waals surface area contributed by atoms with E-state index in [4.69, 9.17) is 11.1 Å². The maximum absolute atomic E-state index is 13.1. The number of nitrogens with one attached hydrogen (secondary N) is 4. The van der Waals surface area contributed by atoms with E-state index in [-0.39, 0.29) is 16.6 Å². The third-order valence-corrected chi connectivity index (χ3v) is 7.86. The second kappa shape index (κ2) is 9.44. The van der Waals surface area contributed by atoms with E-state index in [1.54, 1.807) is 71.3 Å². The molecule has 1 amide bonds. The van der Waals surface area contributed by atoms with E-state index >= 15 is 0 Å². The Bertz CT molecular complexity index is 1580. The van der Waals surface area contributed by atoms with Crippen LogP contribution in [-0.4, -0.2) is 24.5 Å². The van der Waals surface area contributed by atoms with Gasteiger partial charge in [-0.15, -0.1) is 0 Å². The number of nitrogens with zero attached hydrogens (tertiary/aromatic N) is 1. The molecule has 0 aliphatic carbocycles. The Labute approximate surface area is 212 Å². The first kappa shape index (κ1) is 23.5. The van der Waals surface area contributed by atoms with E-state index in [1.165, 1.54) is 12.1 Å². The van der Waals surface area contributed by atoms with Crippen molar-refractivity contribution >= 4 is 50.4 Å². The number of hydrogen-bond donors (Lipinski definition) is 5. The molecule has 2 heterocycles. The molecular weight excluding hydrogens is 496 g/mol. The summed E-state index contributed by atoms with van der Waals surface area (Å²) in [6.07, 6.45) is 6.64. The summed E-state index contributed by atoms with van der Waals surface area (Å²) in [5, 5.41) is 11.8. The number of rotatable bonds is 7. The lowest BCUT2D eigenvalue weighted by Gasteiger charge is -2.20. The average Bonchev–Trinajstić information content (AvgIpc) is 3.36. The summed E-state index contributed by atoms with van der Waals surface area (Å²) < 4.78 is 33.5. The van der Waals surface area contributed by atoms with Gasteiger partial charge in [0.1, 0.15) is 10.7 Å². The van der Waals surface area contributed by atoms with Crippen LogP contribution in [-0.2, 0) is 16.6 Å². The summed E-state index contributed by atoms with van der Waals surface area (Å²) in [5.74, 6) is -0.258. The van der Waals surface area contributed by atoms with Crippen LogP contribution in [0, 0.1) is 5.41 Å². The molecule has 0 bridgehead atoms. The van der Waals surface area contributed by atoms with Gasteiger partial charge in [-0.3, -0.25) is 19.2 Å². The maximum Gasteiger partial charge on any atom is 0.264 e. The van der Waals surface area contributed by atoms with E-state index in [9.17, 15) is 13.2 Å². The van der Waals surface area contributed by atoms with Crippen molar-refractivity contribution in [3.63, 3.8) is 0 Å². The number of nitrogens with two attached hydrogens (primary N) is 1. The minimum absolute atomic E-state index is 0.0103. The summed E-state index contributed by atoms with van der Waals surface area (Å²) in [6.45, 7) is 0.314. The van der Waals surface area contributed by atoms with Crippen LogP contribution in [0.1, 0.15) is 21.5 Å². The quantitative estimate of drug-likeness (QED) is 0.183. The summed E-state index contributed by atoms with van der Waals surface area (Å²) in [6, 6.07) is 17.5. The highest BCUT2D eigenvalue weighted by Gasteiger charge is 2.29. The van der Waals surface area contributed by atoms with Crippen LogP contribution in [0.3, 0.4) is 0 Å². The van der Waals surface area contributed by atoms with Crippen molar-refractivity contribution in [1.82, 2.24) is 14.3 Å². The molecule has 11 heteroatoms. The Morgan fingerprint density at radius 1 is 1.11 bits per heavy atom. The molecule has 36 heavy (non-hydrogen) atoms. The first-order chi connectivity index (χ1) is 17.3. The normalized spacial score (nSPS) is 14.5. The van der Waals surface area contributed by atoms with Crippen molar-refractivity contribution in [2.24, 2.45) is 5.73 Å². The number of hydrogen-bond acceptors (Lipinski definition) is 7. The van der Waals surface area contributed by atoms with Gasteiger partial charge < -0.3 is 15.8 Å². The first-order valence-electron chi connectivity index (χ1n) is 10.9. The Morgan fingerprint density at radius 2 is 1.92 bits per heavy atom. The zero-order valence-corrected chi connectivity index (χ0v) is 20.5. The molecular formula is C25H22N6O3S2. The summed E-state index contributed by atoms with van der Waals surface area (Å²) in [5.41, 5.74) is 8.40. The lowest BCUT2D eigenvalue weighted by molar-refractivity contribution is 0.0952. The van der Waals surface area contributed by atoms with Gasteiger partial charge >= 0.3 is 0 Å². The lowest BCUT2D eigenvalue weighted by Crippen LogP contribution is -2.23. The van der Waals surface area contributed by atoms with Gasteiger partial charge in [0.2, 0.25) is 0 Å². The minimum atomic E-state index is -3.84. The first-order valence-corrected chi connectivity index (χ1v) is 13.2. The molecule has 0 radical (unpaired) electrons. The van der Waals surface area contributed by atoms with E-state index in [0.29, 0.717) is 34.4 Å². The highest BCUT2D eigenvalue weighted by Crippen LogP contribution is 2.34. The predicted octanol–water partition coefficient (Wildman–Crippen LogP) is 3.52. The molecule has 2 aliphatic rings. The highest BCUT2D eigenvalue weighted by atomic mass is 32.2. The van der Waals surface area contributed by atoms with Crippen LogP contribution in [0.5, 0.6) is 0 Å². The van der Waals surface area contributed by atoms with Gasteiger partial charge in [-0.05, 0) is 46.7 Å². The molecule has 6 N–H and O–H groups in total. The summed E-state index contributed by atoms with van der Waals surface area (Å²) >= 11 is 1.28. The number of sulfonamides is 1. The molecule has 0 unspecified atom stereocenters. The van der Waals surface area contributed by atoms with Crippen LogP contribution in [0.25, 0.3) is 10.8 Å². The van der Waals surface area contributed by atoms with E-state index < -0.39 is 10.0 Å². The zero-order chi connectivity index (χ0) is 25.3. The van der Waals surface area contributed by atoms with Crippen molar-refractivity contribution in [2.75, 3.05) is 4.72 Å². The highest BCUT2D eigenvalue weighted by molar-refractivity contribution is 7.97. The fourth-order valence-corrected chi connectivity index (χ4v) is 5.85. The van der Waals surface area contributed by atoms with Crippen LogP contribution in [0.2, 0.25) is 0 Å². The van der Waals surface area contributed by atoms with Gasteiger partial charge in [0.05, 0.1) is 17.8 Å². The number of allylic oxidation sites excluding steroid dienone is 2. The third-order valence-electron chi connectivity index (χ3n) is 5.69. The van der Waals surface area contributed by atoms with Crippen LogP contribution < -0.4 is 20.5 Å². The second-order valence-electron chi connectivity index (χ2n) is 8.08. The monoisotopic (exact) mass is 518 g/mol. The second-order valence-corrected chi connectivity index (χ2v) is 10.5. The van der Waals surface area contributed by atoms with E-state index in [2.05, 4.69) is 14.8 Å². The number of amidine groups is 1. The predicted molar refractivity (Wildman–Crippen MR) is 143 cm³/mol. The largest absolute Gasteiger partial charge is 0.384 e. The van der Waals surface area contributed by atoms with Crippen molar-refractivity contribution in [3.8, 4) is 0 Å². The average molecular weight is 519 g/mol. The number of carbonyl (C=O) groups excluding carboxylic acids is 1. The molecule has 0 saturated carbocycles. The smallest absolute Gasteiger partial charge is 0.264 e. The molecule has 3 aromatic carbocycles. The molecule has 182 valence electrons. The molecule has 0 spiro atoms. The topological polar surface area (TPSA) is 140 Å². The van der Waals surface area contributed by atoms with Gasteiger partial charge in [-0.2, -0.15) is 0 Å². The molecule has 0 atom stereocenters. The van der Waals surface area contributed by atoms with Crippen molar-refractivity contribution in [3.05, 3.63) is 113 Å². The molecule has 0 fully saturated rings. The van der Waals surface area contributed by atoms with Crippen molar-refractivity contribution in [1.29, 1.82) is 5.41 Å². The SMILES string of the molecule is N=C(N)c1ccc(CNC(=O)c2cccc3cc(NS(=O)(=O)C4=CC=CN5SNC=C45)ccc23)cc1. The fourth-order valence-electron chi connectivity index (χ4n) is 3.90. The molecule has 0 aromatic heterocycles. The van der Waals surface area contributed by atoms with Crippen LogP contribution in [0.4, 0.5) is 5.69 Å². The van der Waals surface area contributed by atoms with Gasteiger partial charge in [0, 0.05) is 35.8 Å². The lowest BCUT2D eigenvalue weighted by atomic mass is 10.0. The van der Waals surface area contributed by atoms with Gasteiger partial charge in [-0.25, -0.2) is 8.42 Å².